The zero-order valence-electron chi connectivity index (χ0n) is 11.6. The van der Waals surface area contributed by atoms with E-state index in [0.29, 0.717) is 13.2 Å². The molecule has 0 bridgehead atoms. The maximum absolute atomic E-state index is 5.78. The molecule has 2 N–H and O–H groups in total. The van der Waals surface area contributed by atoms with Crippen LogP contribution in [0.4, 0.5) is 0 Å². The van der Waals surface area contributed by atoms with Gasteiger partial charge in [0.25, 0.3) is 0 Å². The summed E-state index contributed by atoms with van der Waals surface area (Å²) in [4.78, 5) is 4.29. The molecule has 1 aromatic carbocycles. The van der Waals surface area contributed by atoms with Crippen molar-refractivity contribution in [1.82, 2.24) is 9.55 Å². The fraction of sp³-hybridized carbons (Fsp3) is 0.400. The van der Waals surface area contributed by atoms with Crippen molar-refractivity contribution < 1.29 is 4.74 Å². The van der Waals surface area contributed by atoms with Gasteiger partial charge in [0.15, 0.2) is 0 Å². The van der Waals surface area contributed by atoms with Gasteiger partial charge in [-0.1, -0.05) is 18.2 Å². The van der Waals surface area contributed by atoms with Gasteiger partial charge in [0.2, 0.25) is 0 Å². The molecular weight excluding hydrogens is 238 g/mol. The molecule has 19 heavy (non-hydrogen) atoms. The Bertz CT molecular complexity index is 534. The lowest BCUT2D eigenvalue weighted by molar-refractivity contribution is 0.298. The molecule has 0 aliphatic rings. The van der Waals surface area contributed by atoms with Gasteiger partial charge in [-0.15, -0.1) is 0 Å². The monoisotopic (exact) mass is 259 g/mol. The second-order valence-corrected chi connectivity index (χ2v) is 4.62. The highest BCUT2D eigenvalue weighted by atomic mass is 16.5. The van der Waals surface area contributed by atoms with E-state index in [1.54, 1.807) is 0 Å². The first-order chi connectivity index (χ1) is 9.22. The van der Waals surface area contributed by atoms with Gasteiger partial charge in [0.1, 0.15) is 5.75 Å². The molecule has 0 aliphatic heterocycles. The maximum Gasteiger partial charge on any atom is 0.123 e. The third-order valence-corrected chi connectivity index (χ3v) is 3.34. The zero-order chi connectivity index (χ0) is 13.7. The molecule has 4 nitrogen and oxygen atoms in total. The maximum atomic E-state index is 5.78. The zero-order valence-corrected chi connectivity index (χ0v) is 11.6. The normalized spacial score (nSPS) is 10.7. The largest absolute Gasteiger partial charge is 0.493 e. The quantitative estimate of drug-likeness (QED) is 0.811. The summed E-state index contributed by atoms with van der Waals surface area (Å²) in [6.45, 7) is 6.24. The summed E-state index contributed by atoms with van der Waals surface area (Å²) in [5.41, 5.74) is 9.05. The number of aryl methyl sites for hydroxylation is 2. The summed E-state index contributed by atoms with van der Waals surface area (Å²) < 4.78 is 7.94. The predicted molar refractivity (Wildman–Crippen MR) is 76.1 cm³/mol. The highest BCUT2D eigenvalue weighted by molar-refractivity contribution is 5.32. The van der Waals surface area contributed by atoms with Crippen molar-refractivity contribution in [2.75, 3.05) is 6.61 Å². The molecule has 102 valence electrons. The molecule has 0 amide bonds. The van der Waals surface area contributed by atoms with E-state index in [9.17, 15) is 0 Å². The van der Waals surface area contributed by atoms with E-state index in [1.807, 2.05) is 37.5 Å². The summed E-state index contributed by atoms with van der Waals surface area (Å²) >= 11 is 0. The Morgan fingerprint density at radius 2 is 2.05 bits per heavy atom. The molecule has 0 fully saturated rings. The van der Waals surface area contributed by atoms with E-state index in [0.717, 1.165) is 30.0 Å². The molecule has 4 heteroatoms. The predicted octanol–water partition coefficient (Wildman–Crippen LogP) is 2.43. The molecule has 0 saturated heterocycles. The van der Waals surface area contributed by atoms with Gasteiger partial charge in [-0.05, 0) is 26.3 Å². The van der Waals surface area contributed by atoms with Crippen molar-refractivity contribution in [1.29, 1.82) is 0 Å². The van der Waals surface area contributed by atoms with Gasteiger partial charge < -0.3 is 15.0 Å². The van der Waals surface area contributed by atoms with Crippen LogP contribution >= 0.6 is 0 Å². The van der Waals surface area contributed by atoms with Crippen LogP contribution in [-0.2, 0) is 13.1 Å². The Morgan fingerprint density at radius 3 is 2.74 bits per heavy atom. The first-order valence-corrected chi connectivity index (χ1v) is 6.61. The van der Waals surface area contributed by atoms with Crippen LogP contribution < -0.4 is 10.5 Å². The van der Waals surface area contributed by atoms with Crippen molar-refractivity contribution in [2.45, 2.75) is 33.4 Å². The minimum Gasteiger partial charge on any atom is -0.493 e. The average Bonchev–Trinajstić information content (AvgIpc) is 2.76. The van der Waals surface area contributed by atoms with Crippen LogP contribution in [0.25, 0.3) is 0 Å². The van der Waals surface area contributed by atoms with Crippen LogP contribution in [0.5, 0.6) is 5.75 Å². The molecule has 0 aliphatic carbocycles. The molecule has 1 heterocycles. The van der Waals surface area contributed by atoms with Crippen LogP contribution in [0.2, 0.25) is 0 Å². The van der Waals surface area contributed by atoms with Gasteiger partial charge in [-0.3, -0.25) is 0 Å². The lowest BCUT2D eigenvalue weighted by atomic mass is 10.2. The summed E-state index contributed by atoms with van der Waals surface area (Å²) in [6, 6.07) is 7.91. The van der Waals surface area contributed by atoms with Gasteiger partial charge in [0.05, 0.1) is 18.6 Å². The van der Waals surface area contributed by atoms with Crippen LogP contribution in [0.1, 0.15) is 23.4 Å². The Balaban J connectivity index is 1.82. The first-order valence-electron chi connectivity index (χ1n) is 6.61. The smallest absolute Gasteiger partial charge is 0.123 e. The van der Waals surface area contributed by atoms with Crippen LogP contribution in [0.3, 0.4) is 0 Å². The Labute approximate surface area is 114 Å². The van der Waals surface area contributed by atoms with E-state index in [1.165, 1.54) is 5.69 Å². The number of hydrogen-bond donors (Lipinski definition) is 1. The number of benzene rings is 1. The number of rotatable bonds is 6. The minimum absolute atomic E-state index is 0.510. The number of nitrogens with zero attached hydrogens (tertiary/aromatic N) is 2. The number of imidazole rings is 1. The third kappa shape index (κ3) is 3.35. The fourth-order valence-electron chi connectivity index (χ4n) is 2.00. The van der Waals surface area contributed by atoms with Gasteiger partial charge in [0, 0.05) is 24.3 Å². The lowest BCUT2D eigenvalue weighted by Gasteiger charge is -2.10. The van der Waals surface area contributed by atoms with Crippen molar-refractivity contribution in [3.63, 3.8) is 0 Å². The SMILES string of the molecule is Cc1ncn(CCCOc2ccccc2CN)c1C. The molecule has 2 aromatic rings. The Morgan fingerprint density at radius 1 is 1.26 bits per heavy atom. The summed E-state index contributed by atoms with van der Waals surface area (Å²) in [5.74, 6) is 0.892. The second-order valence-electron chi connectivity index (χ2n) is 4.62. The molecule has 2 rings (SSSR count). The number of hydrogen-bond acceptors (Lipinski definition) is 3. The van der Waals surface area contributed by atoms with E-state index in [4.69, 9.17) is 10.5 Å². The molecule has 0 atom stereocenters. The standard InChI is InChI=1S/C15H21N3O/c1-12-13(2)18(11-17-12)8-5-9-19-15-7-4-3-6-14(15)10-16/h3-4,6-7,11H,5,8-10,16H2,1-2H3. The number of para-hydroxylation sites is 1. The first kappa shape index (κ1) is 13.6. The van der Waals surface area contributed by atoms with E-state index in [2.05, 4.69) is 16.5 Å². The summed E-state index contributed by atoms with van der Waals surface area (Å²) in [6.07, 6.45) is 2.84. The minimum atomic E-state index is 0.510. The van der Waals surface area contributed by atoms with Crippen molar-refractivity contribution >= 4 is 0 Å². The highest BCUT2D eigenvalue weighted by Gasteiger charge is 2.03. The fourth-order valence-corrected chi connectivity index (χ4v) is 2.00. The third-order valence-electron chi connectivity index (χ3n) is 3.34. The molecule has 0 saturated carbocycles. The molecule has 0 spiro atoms. The van der Waals surface area contributed by atoms with Crippen LogP contribution in [0, 0.1) is 13.8 Å². The topological polar surface area (TPSA) is 53.1 Å². The average molecular weight is 259 g/mol. The molecule has 0 unspecified atom stereocenters. The van der Waals surface area contributed by atoms with Crippen molar-refractivity contribution in [3.05, 3.63) is 47.5 Å². The van der Waals surface area contributed by atoms with E-state index in [-0.39, 0.29) is 0 Å². The Kier molecular flexibility index (Phi) is 4.58. The highest BCUT2D eigenvalue weighted by Crippen LogP contribution is 2.17. The van der Waals surface area contributed by atoms with Crippen LogP contribution in [-0.4, -0.2) is 16.2 Å². The Hall–Kier alpha value is -1.81. The summed E-state index contributed by atoms with van der Waals surface area (Å²) in [7, 11) is 0. The van der Waals surface area contributed by atoms with E-state index < -0.39 is 0 Å². The molecule has 1 aromatic heterocycles. The van der Waals surface area contributed by atoms with Crippen molar-refractivity contribution in [3.8, 4) is 5.75 Å². The molecule has 0 radical (unpaired) electrons. The number of nitrogens with two attached hydrogens (primary N) is 1. The van der Waals surface area contributed by atoms with Gasteiger partial charge in [-0.2, -0.15) is 0 Å². The van der Waals surface area contributed by atoms with E-state index >= 15 is 0 Å². The van der Waals surface area contributed by atoms with Gasteiger partial charge >= 0.3 is 0 Å². The van der Waals surface area contributed by atoms with Crippen LogP contribution in [0.15, 0.2) is 30.6 Å². The number of aromatic nitrogens is 2. The lowest BCUT2D eigenvalue weighted by Crippen LogP contribution is -2.07. The summed E-state index contributed by atoms with van der Waals surface area (Å²) in [5, 5.41) is 0. The van der Waals surface area contributed by atoms with Crippen molar-refractivity contribution in [2.24, 2.45) is 5.73 Å². The van der Waals surface area contributed by atoms with Gasteiger partial charge in [-0.25, -0.2) is 4.98 Å². The second kappa shape index (κ2) is 6.38. The molecular formula is C15H21N3O. The number of ether oxygens (including phenoxy) is 1.